The average Bonchev–Trinajstić information content (AvgIpc) is 4.00. The minimum atomic E-state index is -5.08. The zero-order valence-electron chi connectivity index (χ0n) is 32.5. The molecule has 4 N–H and O–H groups in total. The summed E-state index contributed by atoms with van der Waals surface area (Å²) in [6, 6.07) is 4.19. The van der Waals surface area contributed by atoms with E-state index in [-0.39, 0.29) is 31.2 Å². The van der Waals surface area contributed by atoms with Gasteiger partial charge in [-0.1, -0.05) is 56.7 Å². The first-order chi connectivity index (χ1) is 27.9. The van der Waals surface area contributed by atoms with Crippen LogP contribution in [0.4, 0.5) is 23.1 Å². The van der Waals surface area contributed by atoms with E-state index >= 15 is 0 Å². The number of carbonyl (C=O) groups excluding carboxylic acids is 4. The topological polar surface area (TPSA) is 204 Å². The molecule has 320 valence electrons. The first-order valence-corrected chi connectivity index (χ1v) is 21.8. The highest BCUT2D eigenvalue weighted by molar-refractivity contribution is 7.91. The number of carboxylic acids is 1. The number of fused-ring (bicyclic) bond motifs is 5. The highest BCUT2D eigenvalue weighted by atomic mass is 32.2. The Morgan fingerprint density at radius 2 is 1.95 bits per heavy atom. The number of benzene rings is 1. The van der Waals surface area contributed by atoms with E-state index in [4.69, 9.17) is 19.6 Å². The molecule has 1 aromatic heterocycles. The van der Waals surface area contributed by atoms with Gasteiger partial charge in [0.05, 0.1) is 24.0 Å². The van der Waals surface area contributed by atoms with Crippen LogP contribution in [0.25, 0.3) is 6.08 Å². The Balaban J connectivity index is 0.000000768. The van der Waals surface area contributed by atoms with Crippen LogP contribution < -0.4 is 15.4 Å². The van der Waals surface area contributed by atoms with Crippen molar-refractivity contribution >= 4 is 62.4 Å². The zero-order chi connectivity index (χ0) is 42.9. The first-order valence-electron chi connectivity index (χ1n) is 19.4. The molecule has 1 aromatic carbocycles. The predicted octanol–water partition coefficient (Wildman–Crippen LogP) is 4.74. The molecule has 20 heteroatoms. The van der Waals surface area contributed by atoms with Crippen LogP contribution in [0.1, 0.15) is 81.2 Å². The summed E-state index contributed by atoms with van der Waals surface area (Å²) in [5.41, 5.74) is 2.56. The minimum absolute atomic E-state index is 0.00352. The summed E-state index contributed by atoms with van der Waals surface area (Å²) >= 11 is 1.42. The summed E-state index contributed by atoms with van der Waals surface area (Å²) in [5, 5.41) is 15.3. The summed E-state index contributed by atoms with van der Waals surface area (Å²) in [6.07, 6.45) is 3.65. The third kappa shape index (κ3) is 9.91. The van der Waals surface area contributed by atoms with E-state index in [9.17, 15) is 40.8 Å². The molecular weight excluding hydrogens is 818 g/mol. The van der Waals surface area contributed by atoms with Gasteiger partial charge in [0.1, 0.15) is 23.7 Å². The Morgan fingerprint density at radius 3 is 2.59 bits per heavy atom. The van der Waals surface area contributed by atoms with E-state index in [0.717, 1.165) is 41.6 Å². The van der Waals surface area contributed by atoms with Crippen molar-refractivity contribution in [2.45, 2.75) is 113 Å². The molecule has 7 rings (SSSR count). The van der Waals surface area contributed by atoms with E-state index in [0.29, 0.717) is 37.5 Å². The third-order valence-electron chi connectivity index (χ3n) is 11.3. The summed E-state index contributed by atoms with van der Waals surface area (Å²) < 4.78 is 65.3. The standard InChI is InChI=1S/C37H46N6O7S2.C2HF3O2/c1-4-22(3)31-33(45)43-19-27(16-30(43)32(44)40-37(17-25(37)5-2)34(46)41-52(48,49)28-14-15-28)50-36(47)42-18-24-12-9-11-23(29(24)20-42)10-7-6-8-13-26-21-51-35(38-26)39-31;3-2(4,5)1(6)7/h5,7,9-12,21-22,25,27-28,30-31H,2,4,6,8,13-20H2,1,3H3,(H,38,39)(H,40,44)(H,41,46);(H,6,7)/b10-7+;/t22-,25+,27+,30-,31-,37+;/m0./s1. The number of aromatic nitrogens is 1. The number of thiazole rings is 1. The van der Waals surface area contributed by atoms with Crippen molar-refractivity contribution in [3.8, 4) is 0 Å². The molecular formula is C39H47F3N6O9S2. The van der Waals surface area contributed by atoms with Gasteiger partial charge >= 0.3 is 18.2 Å². The van der Waals surface area contributed by atoms with Gasteiger partial charge in [0, 0.05) is 24.3 Å². The normalized spacial score (nSPS) is 26.6. The van der Waals surface area contributed by atoms with Crippen molar-refractivity contribution in [2.75, 3.05) is 11.9 Å². The predicted molar refractivity (Wildman–Crippen MR) is 210 cm³/mol. The molecule has 3 aliphatic heterocycles. The van der Waals surface area contributed by atoms with Crippen LogP contribution in [0, 0.1) is 11.8 Å². The number of carbonyl (C=O) groups is 5. The number of nitrogens with one attached hydrogen (secondary N) is 3. The van der Waals surface area contributed by atoms with Gasteiger partial charge < -0.3 is 25.4 Å². The highest BCUT2D eigenvalue weighted by Crippen LogP contribution is 2.45. The lowest BCUT2D eigenvalue weighted by Gasteiger charge is -2.32. The molecule has 0 spiro atoms. The molecule has 6 atom stereocenters. The molecule has 2 saturated carbocycles. The number of aryl methyl sites for hydroxylation is 1. The van der Waals surface area contributed by atoms with Gasteiger partial charge in [-0.05, 0) is 61.1 Å². The molecule has 4 amide bonds. The number of ether oxygens (including phenoxy) is 1. The van der Waals surface area contributed by atoms with E-state index in [1.54, 1.807) is 4.90 Å². The molecule has 2 aliphatic carbocycles. The minimum Gasteiger partial charge on any atom is -0.475 e. The van der Waals surface area contributed by atoms with Gasteiger partial charge in [0.25, 0.3) is 5.91 Å². The first kappa shape index (κ1) is 43.6. The van der Waals surface area contributed by atoms with Gasteiger partial charge in [0.2, 0.25) is 21.8 Å². The Kier molecular flexibility index (Phi) is 12.8. The number of alkyl halides is 3. The van der Waals surface area contributed by atoms with Crippen LogP contribution in [0.15, 0.2) is 42.3 Å². The number of hydrogen-bond acceptors (Lipinski definition) is 11. The summed E-state index contributed by atoms with van der Waals surface area (Å²) in [4.78, 5) is 72.6. The van der Waals surface area contributed by atoms with Crippen LogP contribution in [0.2, 0.25) is 0 Å². The molecule has 5 aliphatic rings. The van der Waals surface area contributed by atoms with Crippen molar-refractivity contribution in [1.29, 1.82) is 0 Å². The second-order valence-corrected chi connectivity index (χ2v) is 18.3. The number of sulfonamides is 1. The van der Waals surface area contributed by atoms with Crippen molar-refractivity contribution in [3.63, 3.8) is 0 Å². The maximum Gasteiger partial charge on any atom is 0.490 e. The number of rotatable bonds is 8. The zero-order valence-corrected chi connectivity index (χ0v) is 34.1. The molecule has 59 heavy (non-hydrogen) atoms. The molecule has 6 bridgehead atoms. The van der Waals surface area contributed by atoms with Crippen LogP contribution in [-0.4, -0.2) is 99.8 Å². The lowest BCUT2D eigenvalue weighted by molar-refractivity contribution is -0.192. The van der Waals surface area contributed by atoms with E-state index < -0.39 is 75.0 Å². The average molecular weight is 865 g/mol. The van der Waals surface area contributed by atoms with Crippen molar-refractivity contribution < 1.29 is 55.4 Å². The van der Waals surface area contributed by atoms with E-state index in [1.165, 1.54) is 22.3 Å². The lowest BCUT2D eigenvalue weighted by atomic mass is 9.97. The van der Waals surface area contributed by atoms with E-state index in [1.807, 2.05) is 37.4 Å². The third-order valence-corrected chi connectivity index (χ3v) is 13.9. The monoisotopic (exact) mass is 864 g/mol. The fourth-order valence-electron chi connectivity index (χ4n) is 7.44. The van der Waals surface area contributed by atoms with Crippen LogP contribution in [-0.2, 0) is 53.4 Å². The molecule has 2 aromatic rings. The number of anilines is 1. The van der Waals surface area contributed by atoms with Crippen molar-refractivity contribution in [1.82, 2.24) is 24.8 Å². The van der Waals surface area contributed by atoms with Gasteiger partial charge in [-0.25, -0.2) is 23.0 Å². The molecule has 15 nitrogen and oxygen atoms in total. The Morgan fingerprint density at radius 1 is 1.22 bits per heavy atom. The molecule has 3 fully saturated rings. The second kappa shape index (κ2) is 17.3. The number of amides is 4. The largest absolute Gasteiger partial charge is 0.490 e. The molecule has 1 saturated heterocycles. The Hall–Kier alpha value is -4.98. The maximum atomic E-state index is 14.6. The Bertz CT molecular complexity index is 2120. The number of nitrogens with zero attached hydrogens (tertiary/aromatic N) is 3. The van der Waals surface area contributed by atoms with Crippen LogP contribution in [0.3, 0.4) is 0 Å². The van der Waals surface area contributed by atoms with E-state index in [2.05, 4.69) is 34.1 Å². The van der Waals surface area contributed by atoms with Gasteiger partial charge in [-0.2, -0.15) is 13.2 Å². The summed E-state index contributed by atoms with van der Waals surface area (Å²) in [7, 11) is -3.88. The van der Waals surface area contributed by atoms with Gasteiger partial charge in [-0.15, -0.1) is 17.9 Å². The van der Waals surface area contributed by atoms with Crippen LogP contribution in [0.5, 0.6) is 0 Å². The number of carboxylic acid groups (broad SMARTS) is 1. The second-order valence-electron chi connectivity index (χ2n) is 15.5. The quantitative estimate of drug-likeness (QED) is 0.267. The number of aliphatic carboxylic acids is 1. The SMILES string of the molecule is C=C[C@@H]1C[C@]1(NC(=O)[C@@H]1C[C@@H]2CN1C(=O)[C@H]([C@@H](C)CC)Nc1nc(cs1)CCC/C=C/c1cccc3c1CN(C3)C(=O)O2)C(=O)NS(=O)(=O)C1CC1.O=C(O)C(F)(F)F. The van der Waals surface area contributed by atoms with Crippen LogP contribution >= 0.6 is 11.3 Å². The lowest BCUT2D eigenvalue weighted by Crippen LogP contribution is -2.58. The summed E-state index contributed by atoms with van der Waals surface area (Å²) in [6.45, 7) is 8.44. The van der Waals surface area contributed by atoms with Gasteiger partial charge in [-0.3, -0.25) is 24.0 Å². The van der Waals surface area contributed by atoms with Gasteiger partial charge in [0.15, 0.2) is 5.13 Å². The Labute approximate surface area is 343 Å². The smallest absolute Gasteiger partial charge is 0.475 e. The number of allylic oxidation sites excluding steroid dienone is 1. The van der Waals surface area contributed by atoms with Crippen molar-refractivity contribution in [3.05, 3.63) is 64.7 Å². The number of hydrogen-bond donors (Lipinski definition) is 4. The highest BCUT2D eigenvalue weighted by Gasteiger charge is 2.62. The fourth-order valence-corrected chi connectivity index (χ4v) is 9.59. The number of halogens is 3. The molecule has 0 radical (unpaired) electrons. The summed E-state index contributed by atoms with van der Waals surface area (Å²) in [5.74, 6) is -5.20. The maximum absolute atomic E-state index is 14.6. The van der Waals surface area contributed by atoms with Crippen molar-refractivity contribution in [2.24, 2.45) is 11.8 Å². The molecule has 4 heterocycles. The molecule has 0 unspecified atom stereocenters. The fraction of sp³-hybridized carbons (Fsp3) is 0.538.